The van der Waals surface area contributed by atoms with Gasteiger partial charge in [-0.15, -0.1) is 0 Å². The van der Waals surface area contributed by atoms with Gasteiger partial charge in [0, 0.05) is 25.4 Å². The normalized spacial score (nSPS) is 10.5. The van der Waals surface area contributed by atoms with Crippen molar-refractivity contribution in [1.82, 2.24) is 9.78 Å². The SMILES string of the molecule is Cc1ccc(C(=O)Nc2nn(C)cc2CN)c(O)c1. The Kier molecular flexibility index (Phi) is 3.52. The first-order valence-corrected chi connectivity index (χ1v) is 5.85. The van der Waals surface area contributed by atoms with E-state index >= 15 is 0 Å². The van der Waals surface area contributed by atoms with Crippen LogP contribution in [0.3, 0.4) is 0 Å². The van der Waals surface area contributed by atoms with Crippen LogP contribution in [-0.4, -0.2) is 20.8 Å². The van der Waals surface area contributed by atoms with E-state index < -0.39 is 5.91 Å². The van der Waals surface area contributed by atoms with Crippen LogP contribution in [-0.2, 0) is 13.6 Å². The highest BCUT2D eigenvalue weighted by Crippen LogP contribution is 2.20. The lowest BCUT2D eigenvalue weighted by Gasteiger charge is -2.06. The minimum absolute atomic E-state index is 0.0530. The van der Waals surface area contributed by atoms with Gasteiger partial charge in [-0.1, -0.05) is 6.07 Å². The number of anilines is 1. The summed E-state index contributed by atoms with van der Waals surface area (Å²) >= 11 is 0. The first-order chi connectivity index (χ1) is 9.01. The summed E-state index contributed by atoms with van der Waals surface area (Å²) in [6.07, 6.45) is 1.74. The third-order valence-corrected chi connectivity index (χ3v) is 2.75. The minimum atomic E-state index is -0.411. The van der Waals surface area contributed by atoms with Crippen molar-refractivity contribution in [2.24, 2.45) is 12.8 Å². The number of phenols is 1. The Hall–Kier alpha value is -2.34. The van der Waals surface area contributed by atoms with Gasteiger partial charge in [0.05, 0.1) is 5.56 Å². The van der Waals surface area contributed by atoms with Gasteiger partial charge >= 0.3 is 0 Å². The summed E-state index contributed by atoms with van der Waals surface area (Å²) in [5.41, 5.74) is 7.40. The number of nitrogens with two attached hydrogens (primary N) is 1. The second kappa shape index (κ2) is 5.11. The fourth-order valence-electron chi connectivity index (χ4n) is 1.80. The fourth-order valence-corrected chi connectivity index (χ4v) is 1.80. The largest absolute Gasteiger partial charge is 0.507 e. The van der Waals surface area contributed by atoms with Crippen molar-refractivity contribution in [2.45, 2.75) is 13.5 Å². The molecular formula is C13H16N4O2. The van der Waals surface area contributed by atoms with E-state index in [0.717, 1.165) is 11.1 Å². The highest BCUT2D eigenvalue weighted by molar-refractivity contribution is 6.06. The molecule has 6 heteroatoms. The van der Waals surface area contributed by atoms with Crippen molar-refractivity contribution in [3.63, 3.8) is 0 Å². The van der Waals surface area contributed by atoms with Gasteiger partial charge in [0.15, 0.2) is 5.82 Å². The molecule has 0 fully saturated rings. The van der Waals surface area contributed by atoms with Gasteiger partial charge in [0.25, 0.3) is 5.91 Å². The average molecular weight is 260 g/mol. The molecule has 0 aliphatic heterocycles. The molecule has 1 aromatic carbocycles. The van der Waals surface area contributed by atoms with Crippen LogP contribution in [0.15, 0.2) is 24.4 Å². The monoisotopic (exact) mass is 260 g/mol. The number of nitrogens with zero attached hydrogens (tertiary/aromatic N) is 2. The summed E-state index contributed by atoms with van der Waals surface area (Å²) in [6.45, 7) is 2.12. The van der Waals surface area contributed by atoms with Crippen molar-refractivity contribution < 1.29 is 9.90 Å². The molecule has 19 heavy (non-hydrogen) atoms. The summed E-state index contributed by atoms with van der Waals surface area (Å²) in [5.74, 6) is -0.0522. The Morgan fingerprint density at radius 1 is 1.53 bits per heavy atom. The predicted molar refractivity (Wildman–Crippen MR) is 71.9 cm³/mol. The Morgan fingerprint density at radius 3 is 2.89 bits per heavy atom. The third kappa shape index (κ3) is 2.74. The Bertz CT molecular complexity index is 619. The molecule has 0 radical (unpaired) electrons. The summed E-state index contributed by atoms with van der Waals surface area (Å²) in [5, 5.41) is 16.5. The molecule has 0 aliphatic rings. The molecule has 6 nitrogen and oxygen atoms in total. The van der Waals surface area contributed by atoms with Gasteiger partial charge in [-0.05, 0) is 24.6 Å². The van der Waals surface area contributed by atoms with E-state index in [2.05, 4.69) is 10.4 Å². The van der Waals surface area contributed by atoms with E-state index in [1.165, 1.54) is 6.07 Å². The lowest BCUT2D eigenvalue weighted by Crippen LogP contribution is -2.14. The lowest BCUT2D eigenvalue weighted by atomic mass is 10.1. The Morgan fingerprint density at radius 2 is 2.26 bits per heavy atom. The molecule has 1 heterocycles. The van der Waals surface area contributed by atoms with Crippen LogP contribution in [0, 0.1) is 6.92 Å². The van der Waals surface area contributed by atoms with Crippen molar-refractivity contribution in [2.75, 3.05) is 5.32 Å². The Balaban J connectivity index is 2.25. The van der Waals surface area contributed by atoms with E-state index in [0.29, 0.717) is 5.82 Å². The first-order valence-electron chi connectivity index (χ1n) is 5.85. The van der Waals surface area contributed by atoms with Crippen molar-refractivity contribution in [3.05, 3.63) is 41.1 Å². The minimum Gasteiger partial charge on any atom is -0.507 e. The lowest BCUT2D eigenvalue weighted by molar-refractivity contribution is 0.102. The zero-order valence-electron chi connectivity index (χ0n) is 10.8. The van der Waals surface area contributed by atoms with E-state index in [9.17, 15) is 9.90 Å². The number of benzene rings is 1. The quantitative estimate of drug-likeness (QED) is 0.771. The number of rotatable bonds is 3. The summed E-state index contributed by atoms with van der Waals surface area (Å²) < 4.78 is 1.58. The molecule has 0 bridgehead atoms. The second-order valence-electron chi connectivity index (χ2n) is 4.36. The molecule has 4 N–H and O–H groups in total. The number of hydrogen-bond acceptors (Lipinski definition) is 4. The number of aromatic nitrogens is 2. The van der Waals surface area contributed by atoms with Gasteiger partial charge in [-0.2, -0.15) is 5.10 Å². The molecule has 1 aromatic heterocycles. The maximum absolute atomic E-state index is 12.1. The predicted octanol–water partition coefficient (Wildman–Crippen LogP) is 1.15. The van der Waals surface area contributed by atoms with Gasteiger partial charge < -0.3 is 16.2 Å². The highest BCUT2D eigenvalue weighted by Gasteiger charge is 2.14. The van der Waals surface area contributed by atoms with Crippen LogP contribution >= 0.6 is 0 Å². The standard InChI is InChI=1S/C13H16N4O2/c1-8-3-4-10(11(18)5-8)13(19)15-12-9(6-14)7-17(2)16-12/h3-5,7,18H,6,14H2,1-2H3,(H,15,16,19). The molecule has 0 atom stereocenters. The van der Waals surface area contributed by atoms with E-state index in [1.54, 1.807) is 30.1 Å². The number of hydrogen-bond donors (Lipinski definition) is 3. The van der Waals surface area contributed by atoms with Crippen molar-refractivity contribution in [1.29, 1.82) is 0 Å². The Labute approximate surface area is 110 Å². The number of phenolic OH excluding ortho intramolecular Hbond substituents is 1. The smallest absolute Gasteiger partial charge is 0.260 e. The van der Waals surface area contributed by atoms with E-state index in [-0.39, 0.29) is 17.9 Å². The van der Waals surface area contributed by atoms with Crippen LogP contribution in [0.25, 0.3) is 0 Å². The second-order valence-corrected chi connectivity index (χ2v) is 4.36. The summed E-state index contributed by atoms with van der Waals surface area (Å²) in [7, 11) is 1.75. The van der Waals surface area contributed by atoms with Gasteiger partial charge in [0.2, 0.25) is 0 Å². The molecule has 0 unspecified atom stereocenters. The number of nitrogens with one attached hydrogen (secondary N) is 1. The van der Waals surface area contributed by atoms with Crippen LogP contribution in [0.5, 0.6) is 5.75 Å². The molecule has 2 aromatic rings. The number of carbonyl (C=O) groups is 1. The van der Waals surface area contributed by atoms with Crippen molar-refractivity contribution in [3.8, 4) is 5.75 Å². The highest BCUT2D eigenvalue weighted by atomic mass is 16.3. The van der Waals surface area contributed by atoms with Crippen LogP contribution in [0.1, 0.15) is 21.5 Å². The van der Waals surface area contributed by atoms with Crippen molar-refractivity contribution >= 4 is 11.7 Å². The number of amides is 1. The van der Waals surface area contributed by atoms with Crippen LogP contribution in [0.2, 0.25) is 0 Å². The number of aromatic hydroxyl groups is 1. The maximum atomic E-state index is 12.1. The third-order valence-electron chi connectivity index (χ3n) is 2.75. The molecule has 0 aliphatic carbocycles. The van der Waals surface area contributed by atoms with E-state index in [4.69, 9.17) is 5.73 Å². The number of carbonyl (C=O) groups excluding carboxylic acids is 1. The van der Waals surface area contributed by atoms with Crippen LogP contribution in [0.4, 0.5) is 5.82 Å². The van der Waals surface area contributed by atoms with Gasteiger partial charge in [-0.3, -0.25) is 9.48 Å². The van der Waals surface area contributed by atoms with E-state index in [1.807, 2.05) is 6.92 Å². The van der Waals surface area contributed by atoms with Gasteiger partial charge in [0.1, 0.15) is 5.75 Å². The average Bonchev–Trinajstić information content (AvgIpc) is 2.69. The fraction of sp³-hybridized carbons (Fsp3) is 0.231. The molecule has 0 saturated carbocycles. The number of aryl methyl sites for hydroxylation is 2. The molecule has 100 valence electrons. The summed E-state index contributed by atoms with van der Waals surface area (Å²) in [4.78, 5) is 12.1. The van der Waals surface area contributed by atoms with Crippen LogP contribution < -0.4 is 11.1 Å². The molecule has 2 rings (SSSR count). The molecular weight excluding hydrogens is 244 g/mol. The molecule has 0 saturated heterocycles. The molecule has 1 amide bonds. The molecule has 0 spiro atoms. The topological polar surface area (TPSA) is 93.2 Å². The zero-order chi connectivity index (χ0) is 14.0. The summed E-state index contributed by atoms with van der Waals surface area (Å²) in [6, 6.07) is 4.87. The van der Waals surface area contributed by atoms with Gasteiger partial charge in [-0.25, -0.2) is 0 Å². The maximum Gasteiger partial charge on any atom is 0.260 e. The first kappa shape index (κ1) is 13.1. The zero-order valence-corrected chi connectivity index (χ0v) is 10.8.